The van der Waals surface area contributed by atoms with Crippen molar-refractivity contribution in [3.63, 3.8) is 0 Å². The molecular weight excluding hydrogens is 332 g/mol. The number of ether oxygens (including phenoxy) is 1. The SMILES string of the molecule is COC(=O)[C@H](C[C@@H]1CCCCC1=O)NC(=O)C1CC2(CCCCC2)CN1. The number of Topliss-reactive ketones (excluding diaryl/α,β-unsaturated/α-hetero) is 1. The van der Waals surface area contributed by atoms with Crippen molar-refractivity contribution in [2.45, 2.75) is 82.7 Å². The second-order valence-electron chi connectivity index (χ2n) is 8.43. The quantitative estimate of drug-likeness (QED) is 0.730. The number of methoxy groups -OCH3 is 1. The van der Waals surface area contributed by atoms with Gasteiger partial charge in [-0.25, -0.2) is 4.79 Å². The normalized spacial score (nSPS) is 29.3. The van der Waals surface area contributed by atoms with Gasteiger partial charge in [0.2, 0.25) is 5.91 Å². The van der Waals surface area contributed by atoms with Crippen molar-refractivity contribution in [2.24, 2.45) is 11.3 Å². The minimum absolute atomic E-state index is 0.133. The van der Waals surface area contributed by atoms with Crippen LogP contribution < -0.4 is 10.6 Å². The van der Waals surface area contributed by atoms with Gasteiger partial charge in [-0.2, -0.15) is 0 Å². The van der Waals surface area contributed by atoms with Crippen LogP contribution >= 0.6 is 0 Å². The monoisotopic (exact) mass is 364 g/mol. The third kappa shape index (κ3) is 4.45. The van der Waals surface area contributed by atoms with Crippen molar-refractivity contribution in [2.75, 3.05) is 13.7 Å². The molecule has 2 aliphatic carbocycles. The zero-order valence-electron chi connectivity index (χ0n) is 15.9. The molecule has 3 rings (SSSR count). The molecule has 2 N–H and O–H groups in total. The Morgan fingerprint density at radius 3 is 2.69 bits per heavy atom. The van der Waals surface area contributed by atoms with Crippen LogP contribution in [0.5, 0.6) is 0 Å². The molecular formula is C20H32N2O4. The van der Waals surface area contributed by atoms with Crippen LogP contribution in [-0.2, 0) is 19.1 Å². The number of nitrogens with one attached hydrogen (secondary N) is 2. The van der Waals surface area contributed by atoms with Crippen molar-refractivity contribution in [3.05, 3.63) is 0 Å². The number of carbonyl (C=O) groups is 3. The smallest absolute Gasteiger partial charge is 0.328 e. The van der Waals surface area contributed by atoms with Crippen LogP contribution in [0.15, 0.2) is 0 Å². The molecule has 1 unspecified atom stereocenters. The molecule has 6 heteroatoms. The van der Waals surface area contributed by atoms with E-state index in [0.29, 0.717) is 12.8 Å². The number of hydrogen-bond donors (Lipinski definition) is 2. The molecule has 1 amide bonds. The topological polar surface area (TPSA) is 84.5 Å². The van der Waals surface area contributed by atoms with Gasteiger partial charge < -0.3 is 15.4 Å². The van der Waals surface area contributed by atoms with Crippen molar-refractivity contribution in [3.8, 4) is 0 Å². The second-order valence-corrected chi connectivity index (χ2v) is 8.43. The average Bonchev–Trinajstić information content (AvgIpc) is 3.06. The van der Waals surface area contributed by atoms with Crippen molar-refractivity contribution in [1.29, 1.82) is 0 Å². The molecule has 1 heterocycles. The summed E-state index contributed by atoms with van der Waals surface area (Å²) in [5.74, 6) is -0.526. The maximum atomic E-state index is 12.8. The van der Waals surface area contributed by atoms with Crippen molar-refractivity contribution in [1.82, 2.24) is 10.6 Å². The maximum Gasteiger partial charge on any atom is 0.328 e. The highest BCUT2D eigenvalue weighted by atomic mass is 16.5. The van der Waals surface area contributed by atoms with Crippen LogP contribution in [0.4, 0.5) is 0 Å². The summed E-state index contributed by atoms with van der Waals surface area (Å²) in [6, 6.07) is -0.980. The van der Waals surface area contributed by atoms with E-state index in [1.807, 2.05) is 0 Å². The Bertz CT molecular complexity index is 542. The Morgan fingerprint density at radius 2 is 2.00 bits per heavy atom. The maximum absolute atomic E-state index is 12.8. The third-order valence-corrected chi connectivity index (χ3v) is 6.59. The summed E-state index contributed by atoms with van der Waals surface area (Å²) in [4.78, 5) is 37.0. The fourth-order valence-corrected chi connectivity index (χ4v) is 5.00. The number of carbonyl (C=O) groups excluding carboxylic acids is 3. The minimum Gasteiger partial charge on any atom is -0.467 e. The highest BCUT2D eigenvalue weighted by molar-refractivity contribution is 5.89. The van der Waals surface area contributed by atoms with Gasteiger partial charge in [-0.05, 0) is 43.9 Å². The summed E-state index contributed by atoms with van der Waals surface area (Å²) >= 11 is 0. The highest BCUT2D eigenvalue weighted by Crippen LogP contribution is 2.42. The molecule has 1 spiro atoms. The summed E-state index contributed by atoms with van der Waals surface area (Å²) in [7, 11) is 1.33. The summed E-state index contributed by atoms with van der Waals surface area (Å²) in [6.07, 6.45) is 10.6. The van der Waals surface area contributed by atoms with E-state index < -0.39 is 12.0 Å². The molecule has 146 valence electrons. The standard InChI is InChI=1S/C20H32N2O4/c1-26-19(25)15(11-14-7-3-4-8-17(14)23)22-18(24)16-12-20(13-21-16)9-5-2-6-10-20/h14-16,21H,2-13H2,1H3,(H,22,24)/t14-,15-,16?/m0/s1. The minimum atomic E-state index is -0.732. The van der Waals surface area contributed by atoms with Gasteiger partial charge in [-0.3, -0.25) is 9.59 Å². The van der Waals surface area contributed by atoms with Crippen LogP contribution in [0.2, 0.25) is 0 Å². The number of rotatable bonds is 5. The van der Waals surface area contributed by atoms with E-state index in [0.717, 1.165) is 32.2 Å². The first-order valence-corrected chi connectivity index (χ1v) is 10.2. The molecule has 0 aromatic heterocycles. The Labute approximate surface area is 155 Å². The van der Waals surface area contributed by atoms with Crippen LogP contribution in [0.3, 0.4) is 0 Å². The van der Waals surface area contributed by atoms with Gasteiger partial charge in [-0.15, -0.1) is 0 Å². The summed E-state index contributed by atoms with van der Waals surface area (Å²) in [5.41, 5.74) is 0.250. The fourth-order valence-electron chi connectivity index (χ4n) is 5.00. The molecule has 26 heavy (non-hydrogen) atoms. The largest absolute Gasteiger partial charge is 0.467 e. The van der Waals surface area contributed by atoms with Gasteiger partial charge in [0.25, 0.3) is 0 Å². The molecule has 3 fully saturated rings. The van der Waals surface area contributed by atoms with E-state index in [1.54, 1.807) is 0 Å². The van der Waals surface area contributed by atoms with Crippen LogP contribution in [0, 0.1) is 11.3 Å². The first-order valence-electron chi connectivity index (χ1n) is 10.2. The lowest BCUT2D eigenvalue weighted by Crippen LogP contribution is -2.49. The van der Waals surface area contributed by atoms with Crippen LogP contribution in [0.25, 0.3) is 0 Å². The Kier molecular flexibility index (Phi) is 6.33. The van der Waals surface area contributed by atoms with Crippen molar-refractivity contribution >= 4 is 17.7 Å². The predicted molar refractivity (Wildman–Crippen MR) is 97.5 cm³/mol. The predicted octanol–water partition coefficient (Wildman–Crippen LogP) is 2.11. The fraction of sp³-hybridized carbons (Fsp3) is 0.850. The van der Waals surface area contributed by atoms with E-state index in [-0.39, 0.29) is 29.1 Å². The molecule has 0 radical (unpaired) electrons. The number of ketones is 1. The van der Waals surface area contributed by atoms with E-state index in [2.05, 4.69) is 10.6 Å². The van der Waals surface area contributed by atoms with Gasteiger partial charge in [0.15, 0.2) is 0 Å². The number of hydrogen-bond acceptors (Lipinski definition) is 5. The molecule has 1 saturated heterocycles. The molecule has 0 aromatic carbocycles. The molecule has 3 aliphatic rings. The highest BCUT2D eigenvalue weighted by Gasteiger charge is 2.43. The van der Waals surface area contributed by atoms with E-state index >= 15 is 0 Å². The van der Waals surface area contributed by atoms with E-state index in [4.69, 9.17) is 4.74 Å². The molecule has 0 aromatic rings. The third-order valence-electron chi connectivity index (χ3n) is 6.59. The number of esters is 1. The first kappa shape index (κ1) is 19.3. The lowest BCUT2D eigenvalue weighted by atomic mass is 9.72. The van der Waals surface area contributed by atoms with Gasteiger partial charge >= 0.3 is 5.97 Å². The lowest BCUT2D eigenvalue weighted by molar-refractivity contribution is -0.146. The Balaban J connectivity index is 1.58. The van der Waals surface area contributed by atoms with Gasteiger partial charge in [0.1, 0.15) is 11.8 Å². The van der Waals surface area contributed by atoms with E-state index in [9.17, 15) is 14.4 Å². The first-order chi connectivity index (χ1) is 12.5. The zero-order chi connectivity index (χ0) is 18.6. The second kappa shape index (κ2) is 8.51. The summed E-state index contributed by atoms with van der Waals surface area (Å²) in [5, 5.41) is 6.23. The molecule has 3 atom stereocenters. The molecule has 1 aliphatic heterocycles. The van der Waals surface area contributed by atoms with Crippen LogP contribution in [0.1, 0.15) is 70.6 Å². The van der Waals surface area contributed by atoms with Gasteiger partial charge in [-0.1, -0.05) is 25.7 Å². The van der Waals surface area contributed by atoms with E-state index in [1.165, 1.54) is 39.2 Å². The summed E-state index contributed by atoms with van der Waals surface area (Å²) < 4.78 is 4.88. The Hall–Kier alpha value is -1.43. The van der Waals surface area contributed by atoms with Crippen molar-refractivity contribution < 1.29 is 19.1 Å². The zero-order valence-corrected chi connectivity index (χ0v) is 15.9. The Morgan fingerprint density at radius 1 is 1.23 bits per heavy atom. The molecule has 6 nitrogen and oxygen atoms in total. The average molecular weight is 364 g/mol. The van der Waals surface area contributed by atoms with Crippen LogP contribution in [-0.4, -0.2) is 43.4 Å². The molecule has 0 bridgehead atoms. The van der Waals surface area contributed by atoms with Gasteiger partial charge in [0, 0.05) is 18.9 Å². The lowest BCUT2D eigenvalue weighted by Gasteiger charge is -2.32. The summed E-state index contributed by atoms with van der Waals surface area (Å²) in [6.45, 7) is 0.884. The van der Waals surface area contributed by atoms with Gasteiger partial charge in [0.05, 0.1) is 13.2 Å². The molecule has 2 saturated carbocycles. The number of amides is 1.